The van der Waals surface area contributed by atoms with Gasteiger partial charge in [-0.3, -0.25) is 9.59 Å². The maximum Gasteiger partial charge on any atom is 0.202 e. The Bertz CT molecular complexity index is 914. The first kappa shape index (κ1) is 20.2. The molecule has 0 saturated heterocycles. The largest absolute Gasteiger partial charge is 0.507 e. The van der Waals surface area contributed by atoms with Crippen LogP contribution in [0.4, 0.5) is 0 Å². The Kier molecular flexibility index (Phi) is 6.00. The highest BCUT2D eigenvalue weighted by atomic mass is 16.3. The normalized spacial score (nSPS) is 13.9. The van der Waals surface area contributed by atoms with Gasteiger partial charge in [-0.1, -0.05) is 26.0 Å². The second kappa shape index (κ2) is 8.03. The Morgan fingerprint density at radius 2 is 1.26 bits per heavy atom. The average Bonchev–Trinajstić information content (AvgIpc) is 2.71. The van der Waals surface area contributed by atoms with Crippen molar-refractivity contribution in [2.24, 2.45) is 0 Å². The molecule has 27 heavy (non-hydrogen) atoms. The number of phenols is 3. The Labute approximate surface area is 157 Å². The van der Waals surface area contributed by atoms with Gasteiger partial charge in [0.2, 0.25) is 5.78 Å². The average molecular weight is 370 g/mol. The fourth-order valence-electron chi connectivity index (χ4n) is 3.64. The molecule has 0 spiro atoms. The van der Waals surface area contributed by atoms with Gasteiger partial charge in [-0.05, 0) is 31.7 Å². The molecule has 142 valence electrons. The van der Waals surface area contributed by atoms with Gasteiger partial charge in [0.25, 0.3) is 0 Å². The zero-order valence-corrected chi connectivity index (χ0v) is 15.3. The Hall–Kier alpha value is -3.15. The molecule has 0 amide bonds. The SMILES string of the molecule is C=O.CC.O=C1c2cccc(O)c2C(=O)c2c(O)c3c(c(O)c21)CCCC3. The summed E-state index contributed by atoms with van der Waals surface area (Å²) in [5.74, 6) is -1.93. The van der Waals surface area contributed by atoms with Crippen molar-refractivity contribution in [1.82, 2.24) is 0 Å². The van der Waals surface area contributed by atoms with E-state index in [-0.39, 0.29) is 39.5 Å². The van der Waals surface area contributed by atoms with E-state index in [1.54, 1.807) is 0 Å². The van der Waals surface area contributed by atoms with E-state index in [0.29, 0.717) is 24.0 Å². The van der Waals surface area contributed by atoms with Crippen molar-refractivity contribution in [3.05, 3.63) is 51.6 Å². The molecule has 0 aliphatic heterocycles. The summed E-state index contributed by atoms with van der Waals surface area (Å²) in [5.41, 5.74) is 0.682. The highest BCUT2D eigenvalue weighted by molar-refractivity contribution is 6.31. The summed E-state index contributed by atoms with van der Waals surface area (Å²) in [6.07, 6.45) is 2.83. The van der Waals surface area contributed by atoms with Crippen LogP contribution in [-0.2, 0) is 17.6 Å². The van der Waals surface area contributed by atoms with E-state index in [0.717, 1.165) is 12.8 Å². The molecular formula is C21H22O6. The zero-order chi connectivity index (χ0) is 20.3. The number of carbonyl (C=O) groups excluding carboxylic acids is 3. The van der Waals surface area contributed by atoms with E-state index in [1.807, 2.05) is 20.6 Å². The lowest BCUT2D eigenvalue weighted by Crippen LogP contribution is -2.23. The third-order valence-electron chi connectivity index (χ3n) is 4.73. The molecule has 0 aromatic heterocycles. The van der Waals surface area contributed by atoms with Gasteiger partial charge < -0.3 is 20.1 Å². The smallest absolute Gasteiger partial charge is 0.202 e. The Morgan fingerprint density at radius 3 is 1.78 bits per heavy atom. The van der Waals surface area contributed by atoms with Crippen molar-refractivity contribution in [2.45, 2.75) is 39.5 Å². The van der Waals surface area contributed by atoms with Crippen molar-refractivity contribution in [3.8, 4) is 17.2 Å². The van der Waals surface area contributed by atoms with Gasteiger partial charge in [0.05, 0.1) is 16.7 Å². The lowest BCUT2D eigenvalue weighted by atomic mass is 9.77. The molecule has 0 heterocycles. The van der Waals surface area contributed by atoms with Crippen molar-refractivity contribution in [3.63, 3.8) is 0 Å². The highest BCUT2D eigenvalue weighted by Gasteiger charge is 2.39. The molecule has 0 atom stereocenters. The number of hydrogen-bond donors (Lipinski definition) is 3. The molecule has 6 nitrogen and oxygen atoms in total. The maximum atomic E-state index is 12.7. The summed E-state index contributed by atoms with van der Waals surface area (Å²) in [6.45, 7) is 6.00. The minimum atomic E-state index is -0.631. The number of benzene rings is 2. The summed E-state index contributed by atoms with van der Waals surface area (Å²) >= 11 is 0. The molecule has 0 fully saturated rings. The fraction of sp³-hybridized carbons (Fsp3) is 0.286. The molecule has 0 unspecified atom stereocenters. The lowest BCUT2D eigenvalue weighted by molar-refractivity contribution is -0.0980. The second-order valence-electron chi connectivity index (χ2n) is 5.97. The summed E-state index contributed by atoms with van der Waals surface area (Å²) in [4.78, 5) is 33.5. The van der Waals surface area contributed by atoms with Crippen molar-refractivity contribution in [2.75, 3.05) is 0 Å². The number of fused-ring (bicyclic) bond motifs is 3. The van der Waals surface area contributed by atoms with Crippen LogP contribution in [0.5, 0.6) is 17.2 Å². The Morgan fingerprint density at radius 1 is 0.778 bits per heavy atom. The van der Waals surface area contributed by atoms with Gasteiger partial charge in [0, 0.05) is 16.7 Å². The Balaban J connectivity index is 0.000000614. The van der Waals surface area contributed by atoms with Crippen LogP contribution in [0.2, 0.25) is 0 Å². The number of aromatic hydroxyl groups is 3. The predicted octanol–water partition coefficient (Wildman–Crippen LogP) is 3.30. The predicted molar refractivity (Wildman–Crippen MR) is 99.9 cm³/mol. The zero-order valence-electron chi connectivity index (χ0n) is 15.3. The maximum absolute atomic E-state index is 12.7. The first-order valence-corrected chi connectivity index (χ1v) is 8.82. The monoisotopic (exact) mass is 370 g/mol. The van der Waals surface area contributed by atoms with Crippen LogP contribution >= 0.6 is 0 Å². The minimum absolute atomic E-state index is 0.0490. The van der Waals surface area contributed by atoms with Crippen molar-refractivity contribution in [1.29, 1.82) is 0 Å². The van der Waals surface area contributed by atoms with E-state index in [4.69, 9.17) is 4.79 Å². The lowest BCUT2D eigenvalue weighted by Gasteiger charge is -2.26. The fourth-order valence-corrected chi connectivity index (χ4v) is 3.64. The molecular weight excluding hydrogens is 348 g/mol. The molecule has 2 aromatic rings. The summed E-state index contributed by atoms with van der Waals surface area (Å²) in [5, 5.41) is 31.0. The number of hydrogen-bond acceptors (Lipinski definition) is 6. The third kappa shape index (κ3) is 2.97. The summed E-state index contributed by atoms with van der Waals surface area (Å²) in [7, 11) is 0. The molecule has 6 heteroatoms. The first-order chi connectivity index (χ1) is 13.0. The molecule has 3 N–H and O–H groups in total. The van der Waals surface area contributed by atoms with Crippen LogP contribution in [0.1, 0.15) is 69.7 Å². The van der Waals surface area contributed by atoms with E-state index in [1.165, 1.54) is 18.2 Å². The van der Waals surface area contributed by atoms with E-state index in [9.17, 15) is 24.9 Å². The van der Waals surface area contributed by atoms with Crippen LogP contribution in [0.15, 0.2) is 18.2 Å². The molecule has 2 aliphatic rings. The molecule has 0 bridgehead atoms. The van der Waals surface area contributed by atoms with Gasteiger partial charge in [0.1, 0.15) is 24.0 Å². The van der Waals surface area contributed by atoms with Gasteiger partial charge in [-0.2, -0.15) is 0 Å². The summed E-state index contributed by atoms with van der Waals surface area (Å²) in [6, 6.07) is 4.23. The van der Waals surface area contributed by atoms with Crippen molar-refractivity contribution < 1.29 is 29.7 Å². The molecule has 0 saturated carbocycles. The van der Waals surface area contributed by atoms with Gasteiger partial charge in [-0.25, -0.2) is 0 Å². The standard InChI is InChI=1S/C18H14O5.C2H6.CH2O/c19-11-7-3-6-10-12(11)18(23)14-13(17(10)22)15(20)8-4-1-2-5-9(8)16(14)21;2*1-2/h3,6-7,19-21H,1-2,4-5H2;1-2H3;1H2. The van der Waals surface area contributed by atoms with Crippen LogP contribution < -0.4 is 0 Å². The van der Waals surface area contributed by atoms with Crippen LogP contribution in [0.3, 0.4) is 0 Å². The van der Waals surface area contributed by atoms with E-state index in [2.05, 4.69) is 0 Å². The number of phenolic OH excluding ortho intramolecular Hbond substituents is 3. The number of rotatable bonds is 0. The first-order valence-electron chi connectivity index (χ1n) is 8.82. The quantitative estimate of drug-likeness (QED) is 0.524. The minimum Gasteiger partial charge on any atom is -0.507 e. The van der Waals surface area contributed by atoms with Gasteiger partial charge in [-0.15, -0.1) is 0 Å². The topological polar surface area (TPSA) is 112 Å². The number of carbonyl (C=O) groups is 3. The number of ketones is 2. The molecule has 2 aromatic carbocycles. The van der Waals surface area contributed by atoms with Gasteiger partial charge >= 0.3 is 0 Å². The van der Waals surface area contributed by atoms with Crippen LogP contribution in [-0.4, -0.2) is 33.7 Å². The molecule has 2 aliphatic carbocycles. The van der Waals surface area contributed by atoms with Crippen LogP contribution in [0, 0.1) is 0 Å². The third-order valence-corrected chi connectivity index (χ3v) is 4.73. The van der Waals surface area contributed by atoms with Gasteiger partial charge in [0.15, 0.2) is 5.78 Å². The van der Waals surface area contributed by atoms with Crippen molar-refractivity contribution >= 4 is 18.4 Å². The molecule has 0 radical (unpaired) electrons. The summed E-state index contributed by atoms with van der Waals surface area (Å²) < 4.78 is 0. The molecule has 4 rings (SSSR count). The van der Waals surface area contributed by atoms with E-state index < -0.39 is 11.6 Å². The van der Waals surface area contributed by atoms with E-state index >= 15 is 0 Å². The highest BCUT2D eigenvalue weighted by Crippen LogP contribution is 2.46. The van der Waals surface area contributed by atoms with Crippen LogP contribution in [0.25, 0.3) is 0 Å². The second-order valence-corrected chi connectivity index (χ2v) is 5.97.